The van der Waals surface area contributed by atoms with Gasteiger partial charge in [-0.25, -0.2) is 4.99 Å². The first-order chi connectivity index (χ1) is 7.00. The Balaban J connectivity index is 3.01. The molecule has 0 fully saturated rings. The van der Waals surface area contributed by atoms with Crippen molar-refractivity contribution in [3.63, 3.8) is 0 Å². The normalized spacial score (nSPS) is 9.80. The molecule has 0 aromatic heterocycles. The third-order valence-electron chi connectivity index (χ3n) is 2.15. The monoisotopic (exact) mass is 206 g/mol. The van der Waals surface area contributed by atoms with Gasteiger partial charge in [0.05, 0.1) is 6.54 Å². The van der Waals surface area contributed by atoms with E-state index >= 15 is 0 Å². The number of nitrogens with two attached hydrogens (primary N) is 2. The molecule has 82 valence electrons. The topological polar surface area (TPSA) is 67.6 Å². The Morgan fingerprint density at radius 3 is 2.53 bits per heavy atom. The average molecular weight is 206 g/mol. The molecule has 0 atom stereocenters. The summed E-state index contributed by atoms with van der Waals surface area (Å²) >= 11 is 0. The second-order valence-corrected chi connectivity index (χ2v) is 3.77. The first-order valence-electron chi connectivity index (χ1n) is 4.83. The molecule has 0 aliphatic carbocycles. The van der Waals surface area contributed by atoms with E-state index in [9.17, 15) is 0 Å². The van der Waals surface area contributed by atoms with Crippen LogP contribution in [0.3, 0.4) is 0 Å². The van der Waals surface area contributed by atoms with Crippen molar-refractivity contribution in [3.05, 3.63) is 29.3 Å². The van der Waals surface area contributed by atoms with Gasteiger partial charge in [0.25, 0.3) is 0 Å². The number of benzene rings is 1. The van der Waals surface area contributed by atoms with Crippen LogP contribution in [0.15, 0.2) is 23.2 Å². The molecule has 1 aromatic carbocycles. The first kappa shape index (κ1) is 11.4. The Bertz CT molecular complexity index is 365. The van der Waals surface area contributed by atoms with Crippen LogP contribution >= 0.6 is 0 Å². The summed E-state index contributed by atoms with van der Waals surface area (Å²) in [5.41, 5.74) is 14.1. The molecule has 15 heavy (non-hydrogen) atoms. The highest BCUT2D eigenvalue weighted by Crippen LogP contribution is 2.20. The molecule has 0 amide bonds. The van der Waals surface area contributed by atoms with Gasteiger partial charge in [-0.2, -0.15) is 0 Å². The van der Waals surface area contributed by atoms with Crippen LogP contribution in [-0.4, -0.2) is 20.1 Å². The van der Waals surface area contributed by atoms with E-state index in [1.165, 1.54) is 5.56 Å². The van der Waals surface area contributed by atoms with Gasteiger partial charge in [0, 0.05) is 19.8 Å². The number of nitrogens with zero attached hydrogens (tertiary/aromatic N) is 2. The SMILES string of the molecule is Cc1ccc(CN=C(N)N)c(N(C)C)c1. The highest BCUT2D eigenvalue weighted by atomic mass is 15.1. The van der Waals surface area contributed by atoms with Crippen molar-refractivity contribution in [3.8, 4) is 0 Å². The van der Waals surface area contributed by atoms with Crippen LogP contribution in [0.2, 0.25) is 0 Å². The molecule has 0 saturated carbocycles. The van der Waals surface area contributed by atoms with Crippen molar-refractivity contribution in [2.45, 2.75) is 13.5 Å². The van der Waals surface area contributed by atoms with Crippen LogP contribution in [0, 0.1) is 6.92 Å². The van der Waals surface area contributed by atoms with E-state index < -0.39 is 0 Å². The van der Waals surface area contributed by atoms with E-state index in [-0.39, 0.29) is 5.96 Å². The minimum atomic E-state index is 0.125. The summed E-state index contributed by atoms with van der Waals surface area (Å²) < 4.78 is 0. The highest BCUT2D eigenvalue weighted by Gasteiger charge is 2.03. The van der Waals surface area contributed by atoms with Crippen LogP contribution in [0.5, 0.6) is 0 Å². The van der Waals surface area contributed by atoms with E-state index in [1.54, 1.807) is 0 Å². The number of aliphatic imine (C=N–C) groups is 1. The van der Waals surface area contributed by atoms with E-state index in [0.29, 0.717) is 6.54 Å². The summed E-state index contributed by atoms with van der Waals surface area (Å²) in [4.78, 5) is 6.07. The van der Waals surface area contributed by atoms with Crippen molar-refractivity contribution < 1.29 is 0 Å². The number of aryl methyl sites for hydroxylation is 1. The van der Waals surface area contributed by atoms with Crippen LogP contribution in [0.1, 0.15) is 11.1 Å². The quantitative estimate of drug-likeness (QED) is 0.568. The zero-order valence-corrected chi connectivity index (χ0v) is 9.49. The van der Waals surface area contributed by atoms with Crippen LogP contribution in [0.25, 0.3) is 0 Å². The van der Waals surface area contributed by atoms with Crippen LogP contribution in [0.4, 0.5) is 5.69 Å². The van der Waals surface area contributed by atoms with Gasteiger partial charge >= 0.3 is 0 Å². The molecule has 0 radical (unpaired) electrons. The van der Waals surface area contributed by atoms with Crippen molar-refractivity contribution in [2.24, 2.45) is 16.5 Å². The minimum Gasteiger partial charge on any atom is -0.377 e. The van der Waals surface area contributed by atoms with Crippen LogP contribution in [-0.2, 0) is 6.54 Å². The van der Waals surface area contributed by atoms with Crippen molar-refractivity contribution in [2.75, 3.05) is 19.0 Å². The minimum absolute atomic E-state index is 0.125. The molecule has 4 heteroatoms. The van der Waals surface area contributed by atoms with Gasteiger partial charge in [-0.15, -0.1) is 0 Å². The van der Waals surface area contributed by atoms with Crippen molar-refractivity contribution in [1.29, 1.82) is 0 Å². The molecule has 0 unspecified atom stereocenters. The van der Waals surface area contributed by atoms with Gasteiger partial charge in [0.2, 0.25) is 0 Å². The lowest BCUT2D eigenvalue weighted by atomic mass is 10.1. The second kappa shape index (κ2) is 4.68. The fourth-order valence-electron chi connectivity index (χ4n) is 1.40. The smallest absolute Gasteiger partial charge is 0.186 e. The summed E-state index contributed by atoms with van der Waals surface area (Å²) in [6, 6.07) is 6.24. The number of anilines is 1. The number of rotatable bonds is 3. The number of guanidine groups is 1. The molecule has 0 spiro atoms. The maximum Gasteiger partial charge on any atom is 0.186 e. The Morgan fingerprint density at radius 2 is 2.00 bits per heavy atom. The lowest BCUT2D eigenvalue weighted by molar-refractivity contribution is 1.01. The predicted molar refractivity (Wildman–Crippen MR) is 65.0 cm³/mol. The Hall–Kier alpha value is -1.71. The maximum absolute atomic E-state index is 5.31. The molecule has 4 N–H and O–H groups in total. The Morgan fingerprint density at radius 1 is 1.33 bits per heavy atom. The fourth-order valence-corrected chi connectivity index (χ4v) is 1.40. The first-order valence-corrected chi connectivity index (χ1v) is 4.83. The van der Waals surface area contributed by atoms with Gasteiger partial charge < -0.3 is 16.4 Å². The van der Waals surface area contributed by atoms with E-state index in [0.717, 1.165) is 11.3 Å². The van der Waals surface area contributed by atoms with E-state index in [4.69, 9.17) is 11.5 Å². The average Bonchev–Trinajstić information content (AvgIpc) is 2.15. The number of hydrogen-bond donors (Lipinski definition) is 2. The third kappa shape index (κ3) is 3.16. The van der Waals surface area contributed by atoms with Gasteiger partial charge in [0.15, 0.2) is 5.96 Å². The molecule has 0 bridgehead atoms. The summed E-state index contributed by atoms with van der Waals surface area (Å²) in [7, 11) is 4.02. The lowest BCUT2D eigenvalue weighted by Crippen LogP contribution is -2.22. The zero-order chi connectivity index (χ0) is 11.4. The largest absolute Gasteiger partial charge is 0.377 e. The Labute approximate surface area is 90.6 Å². The van der Waals surface area contributed by atoms with Crippen molar-refractivity contribution in [1.82, 2.24) is 0 Å². The molecule has 0 aliphatic rings. The fraction of sp³-hybridized carbons (Fsp3) is 0.364. The maximum atomic E-state index is 5.31. The third-order valence-corrected chi connectivity index (χ3v) is 2.15. The van der Waals surface area contributed by atoms with E-state index in [1.807, 2.05) is 14.1 Å². The van der Waals surface area contributed by atoms with Gasteiger partial charge in [-0.1, -0.05) is 12.1 Å². The molecular weight excluding hydrogens is 188 g/mol. The summed E-state index contributed by atoms with van der Waals surface area (Å²) in [6.07, 6.45) is 0. The standard InChI is InChI=1S/C11H18N4/c1-8-4-5-9(7-14-11(12)13)10(6-8)15(2)3/h4-6H,7H2,1-3H3,(H4,12,13,14). The Kier molecular flexibility index (Phi) is 3.55. The molecule has 1 rings (SSSR count). The second-order valence-electron chi connectivity index (χ2n) is 3.77. The molecule has 4 nitrogen and oxygen atoms in total. The van der Waals surface area contributed by atoms with Crippen molar-refractivity contribution >= 4 is 11.6 Å². The van der Waals surface area contributed by atoms with Crippen LogP contribution < -0.4 is 16.4 Å². The summed E-state index contributed by atoms with van der Waals surface area (Å²) in [5.74, 6) is 0.125. The molecule has 1 aromatic rings. The van der Waals surface area contributed by atoms with Gasteiger partial charge in [0.1, 0.15) is 0 Å². The predicted octanol–water partition coefficient (Wildman–Crippen LogP) is 0.834. The summed E-state index contributed by atoms with van der Waals surface area (Å²) in [6.45, 7) is 2.59. The molecular formula is C11H18N4. The van der Waals surface area contributed by atoms with E-state index in [2.05, 4.69) is 35.0 Å². The number of hydrogen-bond acceptors (Lipinski definition) is 2. The molecule has 0 saturated heterocycles. The van der Waals surface area contributed by atoms with Gasteiger partial charge in [-0.05, 0) is 24.1 Å². The molecule has 0 heterocycles. The summed E-state index contributed by atoms with van der Waals surface area (Å²) in [5, 5.41) is 0. The lowest BCUT2D eigenvalue weighted by Gasteiger charge is -2.17. The zero-order valence-electron chi connectivity index (χ0n) is 9.49. The van der Waals surface area contributed by atoms with Gasteiger partial charge in [-0.3, -0.25) is 0 Å². The highest BCUT2D eigenvalue weighted by molar-refractivity contribution is 5.75. The molecule has 0 aliphatic heterocycles.